The Morgan fingerprint density at radius 2 is 2.16 bits per heavy atom. The lowest BCUT2D eigenvalue weighted by Gasteiger charge is -2.27. The fourth-order valence-electron chi connectivity index (χ4n) is 3.14. The number of hydrogen-bond acceptors (Lipinski definition) is 3. The highest BCUT2D eigenvalue weighted by Crippen LogP contribution is 2.26. The molecule has 0 spiro atoms. The lowest BCUT2D eigenvalue weighted by molar-refractivity contribution is 0.0190. The lowest BCUT2D eigenvalue weighted by atomic mass is 9.98. The van der Waals surface area contributed by atoms with Gasteiger partial charge >= 0.3 is 0 Å². The van der Waals surface area contributed by atoms with Crippen molar-refractivity contribution in [3.05, 3.63) is 28.6 Å². The first-order chi connectivity index (χ1) is 8.91. The molecule has 2 heterocycles. The summed E-state index contributed by atoms with van der Waals surface area (Å²) in [4.78, 5) is 4.58. The molecule has 2 rings (SSSR count). The summed E-state index contributed by atoms with van der Waals surface area (Å²) in [7, 11) is 0. The van der Waals surface area contributed by atoms with Crippen LogP contribution < -0.4 is 5.32 Å². The third kappa shape index (κ3) is 3.34. The summed E-state index contributed by atoms with van der Waals surface area (Å²) < 4.78 is 5.83. The maximum absolute atomic E-state index is 5.83. The molecule has 106 valence electrons. The summed E-state index contributed by atoms with van der Waals surface area (Å²) >= 11 is 0. The number of nitrogens with one attached hydrogen (secondary N) is 1. The van der Waals surface area contributed by atoms with Crippen LogP contribution in [0.5, 0.6) is 0 Å². The molecule has 1 saturated heterocycles. The SMILES string of the molecule is Cc1cc(C)c(C(C)NCC2(C)CCCO2)c(C)n1. The first-order valence-electron chi connectivity index (χ1n) is 7.23. The molecule has 0 bridgehead atoms. The monoisotopic (exact) mass is 262 g/mol. The van der Waals surface area contributed by atoms with Gasteiger partial charge in [0.25, 0.3) is 0 Å². The molecule has 1 aromatic rings. The number of hydrogen-bond donors (Lipinski definition) is 1. The molecular weight excluding hydrogens is 236 g/mol. The van der Waals surface area contributed by atoms with Gasteiger partial charge in [-0.15, -0.1) is 0 Å². The summed E-state index contributed by atoms with van der Waals surface area (Å²) in [5.74, 6) is 0. The van der Waals surface area contributed by atoms with Gasteiger partial charge in [-0.2, -0.15) is 0 Å². The van der Waals surface area contributed by atoms with Crippen molar-refractivity contribution in [3.63, 3.8) is 0 Å². The van der Waals surface area contributed by atoms with E-state index in [1.165, 1.54) is 17.5 Å². The summed E-state index contributed by atoms with van der Waals surface area (Å²) in [6.07, 6.45) is 2.33. The van der Waals surface area contributed by atoms with Gasteiger partial charge in [-0.3, -0.25) is 4.98 Å². The number of ether oxygens (including phenoxy) is 1. The Morgan fingerprint density at radius 1 is 1.42 bits per heavy atom. The molecule has 2 atom stereocenters. The first-order valence-corrected chi connectivity index (χ1v) is 7.23. The van der Waals surface area contributed by atoms with E-state index < -0.39 is 0 Å². The van der Waals surface area contributed by atoms with Gasteiger partial charge in [0.2, 0.25) is 0 Å². The lowest BCUT2D eigenvalue weighted by Crippen LogP contribution is -2.38. The van der Waals surface area contributed by atoms with Crippen LogP contribution in [0.1, 0.15) is 55.2 Å². The average Bonchev–Trinajstić information content (AvgIpc) is 2.73. The Bertz CT molecular complexity index is 427. The zero-order valence-electron chi connectivity index (χ0n) is 12.8. The van der Waals surface area contributed by atoms with E-state index in [4.69, 9.17) is 4.74 Å². The fourth-order valence-corrected chi connectivity index (χ4v) is 3.14. The average molecular weight is 262 g/mol. The number of nitrogens with zero attached hydrogens (tertiary/aromatic N) is 1. The second-order valence-electron chi connectivity index (χ2n) is 6.08. The third-order valence-electron chi connectivity index (χ3n) is 4.10. The van der Waals surface area contributed by atoms with Gasteiger partial charge in [-0.25, -0.2) is 0 Å². The Balaban J connectivity index is 2.06. The molecule has 1 N–H and O–H groups in total. The minimum absolute atomic E-state index is 0.00813. The van der Waals surface area contributed by atoms with Crippen LogP contribution in [0.25, 0.3) is 0 Å². The predicted molar refractivity (Wildman–Crippen MR) is 78.5 cm³/mol. The summed E-state index contributed by atoms with van der Waals surface area (Å²) in [6.45, 7) is 12.5. The molecule has 0 aliphatic carbocycles. The van der Waals surface area contributed by atoms with E-state index in [0.29, 0.717) is 6.04 Å². The van der Waals surface area contributed by atoms with Crippen molar-refractivity contribution in [1.29, 1.82) is 0 Å². The van der Waals surface area contributed by atoms with Crippen LogP contribution in [0.15, 0.2) is 6.07 Å². The van der Waals surface area contributed by atoms with Crippen molar-refractivity contribution in [2.24, 2.45) is 0 Å². The van der Waals surface area contributed by atoms with Gasteiger partial charge in [0.1, 0.15) is 0 Å². The standard InChI is InChI=1S/C16H26N2O/c1-11-9-12(2)18-14(4)15(11)13(3)17-10-16(5)7-6-8-19-16/h9,13,17H,6-8,10H2,1-5H3. The van der Waals surface area contributed by atoms with Gasteiger partial charge in [0, 0.05) is 30.6 Å². The summed E-state index contributed by atoms with van der Waals surface area (Å²) in [5.41, 5.74) is 4.88. The first kappa shape index (κ1) is 14.5. The third-order valence-corrected chi connectivity index (χ3v) is 4.10. The van der Waals surface area contributed by atoms with Gasteiger partial charge < -0.3 is 10.1 Å². The van der Waals surface area contributed by atoms with Crippen LogP contribution in [0.4, 0.5) is 0 Å². The molecule has 1 aliphatic rings. The normalized spacial score (nSPS) is 24.7. The molecule has 0 radical (unpaired) electrons. The van der Waals surface area contributed by atoms with Crippen molar-refractivity contribution in [2.75, 3.05) is 13.2 Å². The molecule has 3 nitrogen and oxygen atoms in total. The highest BCUT2D eigenvalue weighted by atomic mass is 16.5. The van der Waals surface area contributed by atoms with Crippen LogP contribution in [0, 0.1) is 20.8 Å². The maximum Gasteiger partial charge on any atom is 0.0779 e. The minimum atomic E-state index is 0.00813. The number of pyridine rings is 1. The molecule has 0 saturated carbocycles. The van der Waals surface area contributed by atoms with E-state index in [2.05, 4.69) is 51.0 Å². The van der Waals surface area contributed by atoms with Gasteiger partial charge in [-0.05, 0) is 64.7 Å². The van der Waals surface area contributed by atoms with E-state index in [-0.39, 0.29) is 5.60 Å². The predicted octanol–water partition coefficient (Wildman–Crippen LogP) is 3.23. The highest BCUT2D eigenvalue weighted by Gasteiger charge is 2.30. The van der Waals surface area contributed by atoms with Gasteiger partial charge in [-0.1, -0.05) is 0 Å². The van der Waals surface area contributed by atoms with E-state index in [1.807, 2.05) is 0 Å². The molecule has 0 aromatic carbocycles. The molecule has 19 heavy (non-hydrogen) atoms. The Kier molecular flexibility index (Phi) is 4.26. The fraction of sp³-hybridized carbons (Fsp3) is 0.688. The Morgan fingerprint density at radius 3 is 2.74 bits per heavy atom. The van der Waals surface area contributed by atoms with Gasteiger partial charge in [0.15, 0.2) is 0 Å². The smallest absolute Gasteiger partial charge is 0.0779 e. The van der Waals surface area contributed by atoms with Crippen LogP contribution >= 0.6 is 0 Å². The quantitative estimate of drug-likeness (QED) is 0.904. The molecule has 2 unspecified atom stereocenters. The molecule has 1 fully saturated rings. The highest BCUT2D eigenvalue weighted by molar-refractivity contribution is 5.33. The summed E-state index contributed by atoms with van der Waals surface area (Å²) in [6, 6.07) is 2.48. The topological polar surface area (TPSA) is 34.1 Å². The van der Waals surface area contributed by atoms with E-state index in [1.54, 1.807) is 0 Å². The van der Waals surface area contributed by atoms with Crippen LogP contribution in [0.2, 0.25) is 0 Å². The van der Waals surface area contributed by atoms with Crippen LogP contribution in [-0.2, 0) is 4.74 Å². The number of aryl methyl sites for hydroxylation is 3. The molecule has 0 amide bonds. The Hall–Kier alpha value is -0.930. The van der Waals surface area contributed by atoms with Crippen molar-refractivity contribution >= 4 is 0 Å². The minimum Gasteiger partial charge on any atom is -0.374 e. The van der Waals surface area contributed by atoms with Gasteiger partial charge in [0.05, 0.1) is 5.60 Å². The molecule has 1 aromatic heterocycles. The van der Waals surface area contributed by atoms with E-state index in [0.717, 1.165) is 31.0 Å². The largest absolute Gasteiger partial charge is 0.374 e. The maximum atomic E-state index is 5.83. The zero-order valence-corrected chi connectivity index (χ0v) is 12.8. The second-order valence-corrected chi connectivity index (χ2v) is 6.08. The van der Waals surface area contributed by atoms with Crippen LogP contribution in [0.3, 0.4) is 0 Å². The van der Waals surface area contributed by atoms with Crippen molar-refractivity contribution < 1.29 is 4.74 Å². The zero-order chi connectivity index (χ0) is 14.0. The summed E-state index contributed by atoms with van der Waals surface area (Å²) in [5, 5.41) is 3.62. The molecule has 1 aliphatic heterocycles. The van der Waals surface area contributed by atoms with Crippen LogP contribution in [-0.4, -0.2) is 23.7 Å². The number of aromatic nitrogens is 1. The Labute approximate surface area is 116 Å². The van der Waals surface area contributed by atoms with E-state index in [9.17, 15) is 0 Å². The van der Waals surface area contributed by atoms with Crippen molar-refractivity contribution in [1.82, 2.24) is 10.3 Å². The molecular formula is C16H26N2O. The second kappa shape index (κ2) is 5.59. The number of rotatable bonds is 4. The van der Waals surface area contributed by atoms with E-state index >= 15 is 0 Å². The van der Waals surface area contributed by atoms with Crippen molar-refractivity contribution in [2.45, 2.75) is 59.1 Å². The van der Waals surface area contributed by atoms with Crippen molar-refractivity contribution in [3.8, 4) is 0 Å². The molecule has 3 heteroatoms.